The van der Waals surface area contributed by atoms with Crippen molar-refractivity contribution in [1.29, 1.82) is 0 Å². The average Bonchev–Trinajstić information content (AvgIpc) is 2.89. The van der Waals surface area contributed by atoms with Crippen molar-refractivity contribution in [1.82, 2.24) is 9.88 Å². The van der Waals surface area contributed by atoms with Crippen molar-refractivity contribution in [2.45, 2.75) is 44.4 Å². The number of pyridine rings is 1. The van der Waals surface area contributed by atoms with Crippen LogP contribution in [0.15, 0.2) is 33.3 Å². The fraction of sp³-hybridized carbons (Fsp3) is 0.435. The molecular weight excluding hydrogens is 546 g/mol. The van der Waals surface area contributed by atoms with Gasteiger partial charge in [-0.3, -0.25) is 14.6 Å². The van der Waals surface area contributed by atoms with E-state index in [9.17, 15) is 9.59 Å². The highest BCUT2D eigenvalue weighted by Gasteiger charge is 2.36. The van der Waals surface area contributed by atoms with Gasteiger partial charge in [-0.15, -0.1) is 0 Å². The van der Waals surface area contributed by atoms with E-state index >= 15 is 0 Å². The van der Waals surface area contributed by atoms with E-state index in [0.29, 0.717) is 19.0 Å². The Morgan fingerprint density at radius 1 is 1.10 bits per heavy atom. The lowest BCUT2D eigenvalue weighted by molar-refractivity contribution is -0.134. The molecule has 1 aliphatic carbocycles. The SMILES string of the molecule is NC(=O)CCC(=O)N1CCC(C2c3ncc(Br)cc3CCc3cc(Cl)cc(Br)c32)CC1. The molecule has 0 spiro atoms. The molecule has 1 aromatic heterocycles. The van der Waals surface area contributed by atoms with Gasteiger partial charge < -0.3 is 10.6 Å². The first-order chi connectivity index (χ1) is 14.8. The van der Waals surface area contributed by atoms with E-state index in [1.807, 2.05) is 17.2 Å². The van der Waals surface area contributed by atoms with Gasteiger partial charge in [-0.2, -0.15) is 0 Å². The Labute approximate surface area is 204 Å². The quantitative estimate of drug-likeness (QED) is 0.564. The monoisotopic (exact) mass is 567 g/mol. The molecule has 1 unspecified atom stereocenters. The Morgan fingerprint density at radius 2 is 1.81 bits per heavy atom. The summed E-state index contributed by atoms with van der Waals surface area (Å²) in [7, 11) is 0. The van der Waals surface area contributed by atoms with Crippen molar-refractivity contribution < 1.29 is 9.59 Å². The van der Waals surface area contributed by atoms with Crippen LogP contribution in [0.1, 0.15) is 54.0 Å². The lowest BCUT2D eigenvalue weighted by Crippen LogP contribution is -2.40. The minimum atomic E-state index is -0.435. The van der Waals surface area contributed by atoms with E-state index in [4.69, 9.17) is 22.3 Å². The molecule has 0 bridgehead atoms. The number of hydrogen-bond acceptors (Lipinski definition) is 3. The zero-order valence-electron chi connectivity index (χ0n) is 17.0. The number of halogens is 3. The molecule has 0 saturated carbocycles. The van der Waals surface area contributed by atoms with E-state index < -0.39 is 5.91 Å². The molecule has 1 atom stereocenters. The number of nitrogens with two attached hydrogens (primary N) is 1. The minimum Gasteiger partial charge on any atom is -0.370 e. The third-order valence-electron chi connectivity index (χ3n) is 6.37. The zero-order chi connectivity index (χ0) is 22.1. The average molecular weight is 570 g/mol. The summed E-state index contributed by atoms with van der Waals surface area (Å²) in [6.07, 6.45) is 5.78. The van der Waals surface area contributed by atoms with E-state index in [2.05, 4.69) is 44.0 Å². The summed E-state index contributed by atoms with van der Waals surface area (Å²) in [5.41, 5.74) is 10.1. The van der Waals surface area contributed by atoms with E-state index in [1.165, 1.54) is 16.7 Å². The van der Waals surface area contributed by atoms with Gasteiger partial charge in [-0.25, -0.2) is 0 Å². The normalized spacial score (nSPS) is 18.8. The lowest BCUT2D eigenvalue weighted by Gasteiger charge is -2.37. The maximum absolute atomic E-state index is 12.4. The number of carbonyl (C=O) groups excluding carboxylic acids is 2. The number of aromatic nitrogens is 1. The Kier molecular flexibility index (Phi) is 7.04. The molecule has 8 heteroatoms. The summed E-state index contributed by atoms with van der Waals surface area (Å²) in [4.78, 5) is 30.2. The summed E-state index contributed by atoms with van der Waals surface area (Å²) in [5, 5.41) is 0.735. The maximum Gasteiger partial charge on any atom is 0.223 e. The number of aryl methyl sites for hydroxylation is 2. The Hall–Kier alpha value is -1.44. The van der Waals surface area contributed by atoms with Crippen LogP contribution >= 0.6 is 43.5 Å². The van der Waals surface area contributed by atoms with Crippen molar-refractivity contribution in [3.8, 4) is 0 Å². The van der Waals surface area contributed by atoms with Crippen LogP contribution in [0, 0.1) is 5.92 Å². The number of rotatable bonds is 4. The van der Waals surface area contributed by atoms with Crippen molar-refractivity contribution >= 4 is 55.3 Å². The predicted molar refractivity (Wildman–Crippen MR) is 128 cm³/mol. The summed E-state index contributed by atoms with van der Waals surface area (Å²) >= 11 is 13.7. The summed E-state index contributed by atoms with van der Waals surface area (Å²) in [6, 6.07) is 6.23. The molecule has 2 amide bonds. The second-order valence-electron chi connectivity index (χ2n) is 8.32. The first kappa shape index (κ1) is 22.7. The summed E-state index contributed by atoms with van der Waals surface area (Å²) in [5.74, 6) is 0.0849. The molecule has 2 aromatic rings. The number of carbonyl (C=O) groups is 2. The van der Waals surface area contributed by atoms with E-state index in [-0.39, 0.29) is 24.7 Å². The van der Waals surface area contributed by atoms with Gasteiger partial charge in [-0.05, 0) is 82.4 Å². The van der Waals surface area contributed by atoms with Crippen LogP contribution in [0.25, 0.3) is 0 Å². The number of piperidine rings is 1. The van der Waals surface area contributed by atoms with Crippen molar-refractivity contribution in [2.75, 3.05) is 13.1 Å². The van der Waals surface area contributed by atoms with Crippen LogP contribution in [-0.2, 0) is 22.4 Å². The fourth-order valence-electron chi connectivity index (χ4n) is 4.90. The highest BCUT2D eigenvalue weighted by Crippen LogP contribution is 2.46. The molecule has 2 N–H and O–H groups in total. The molecule has 4 rings (SSSR count). The topological polar surface area (TPSA) is 76.3 Å². The first-order valence-corrected chi connectivity index (χ1v) is 12.5. The molecule has 164 valence electrons. The zero-order valence-corrected chi connectivity index (χ0v) is 21.0. The molecule has 0 radical (unpaired) electrons. The van der Waals surface area contributed by atoms with Crippen molar-refractivity contribution in [3.05, 3.63) is 60.7 Å². The third kappa shape index (κ3) is 4.99. The molecule has 1 saturated heterocycles. The van der Waals surface area contributed by atoms with Crippen LogP contribution in [0.5, 0.6) is 0 Å². The molecule has 1 aromatic carbocycles. The van der Waals surface area contributed by atoms with Crippen LogP contribution < -0.4 is 5.73 Å². The summed E-state index contributed by atoms with van der Waals surface area (Å²) < 4.78 is 2.01. The van der Waals surface area contributed by atoms with E-state index in [1.54, 1.807) is 0 Å². The van der Waals surface area contributed by atoms with Gasteiger partial charge in [0.25, 0.3) is 0 Å². The molecule has 1 fully saturated rings. The van der Waals surface area contributed by atoms with Gasteiger partial charge >= 0.3 is 0 Å². The van der Waals surface area contributed by atoms with Gasteiger partial charge in [0.1, 0.15) is 0 Å². The second-order valence-corrected chi connectivity index (χ2v) is 10.5. The highest BCUT2D eigenvalue weighted by atomic mass is 79.9. The van der Waals surface area contributed by atoms with Crippen LogP contribution in [0.4, 0.5) is 0 Å². The van der Waals surface area contributed by atoms with Gasteiger partial charge in [-0.1, -0.05) is 27.5 Å². The lowest BCUT2D eigenvalue weighted by atomic mass is 9.76. The summed E-state index contributed by atoms with van der Waals surface area (Å²) in [6.45, 7) is 1.37. The molecule has 31 heavy (non-hydrogen) atoms. The number of nitrogens with zero attached hydrogens (tertiary/aromatic N) is 2. The maximum atomic E-state index is 12.4. The van der Waals surface area contributed by atoms with Crippen molar-refractivity contribution in [3.63, 3.8) is 0 Å². The number of benzene rings is 1. The predicted octanol–water partition coefficient (Wildman–Crippen LogP) is 4.99. The van der Waals surface area contributed by atoms with Gasteiger partial charge in [0.15, 0.2) is 0 Å². The number of fused-ring (bicyclic) bond motifs is 2. The van der Waals surface area contributed by atoms with Gasteiger partial charge in [0, 0.05) is 52.0 Å². The molecule has 1 aliphatic heterocycles. The number of hydrogen-bond donors (Lipinski definition) is 1. The number of amides is 2. The standard InChI is InChI=1S/C23H24Br2ClN3O2/c24-16-9-15-2-1-14-10-17(26)11-18(25)21(14)22(23(15)28-12-16)13-5-7-29(8-6-13)20(31)4-3-19(27)30/h9-13,22H,1-8H2,(H2,27,30). The van der Waals surface area contributed by atoms with Crippen molar-refractivity contribution in [2.24, 2.45) is 11.7 Å². The fourth-order valence-corrected chi connectivity index (χ4v) is 6.40. The molecule has 2 heterocycles. The largest absolute Gasteiger partial charge is 0.370 e. The Bertz CT molecular complexity index is 1020. The molecule has 5 nitrogen and oxygen atoms in total. The van der Waals surface area contributed by atoms with Gasteiger partial charge in [0.05, 0.1) is 5.69 Å². The number of likely N-dealkylation sites (tertiary alicyclic amines) is 1. The van der Waals surface area contributed by atoms with Crippen LogP contribution in [0.2, 0.25) is 5.02 Å². The van der Waals surface area contributed by atoms with E-state index in [0.717, 1.165) is 45.3 Å². The van der Waals surface area contributed by atoms with Gasteiger partial charge in [0.2, 0.25) is 11.8 Å². The molecule has 2 aliphatic rings. The second kappa shape index (κ2) is 9.59. The highest BCUT2D eigenvalue weighted by molar-refractivity contribution is 9.10. The first-order valence-electron chi connectivity index (χ1n) is 10.5. The molecular formula is C23H24Br2ClN3O2. The van der Waals surface area contributed by atoms with Crippen LogP contribution in [-0.4, -0.2) is 34.8 Å². The number of primary amides is 1. The Morgan fingerprint density at radius 3 is 2.52 bits per heavy atom. The Balaban J connectivity index is 1.64. The smallest absolute Gasteiger partial charge is 0.223 e. The minimum absolute atomic E-state index is 0.00827. The third-order valence-corrected chi connectivity index (χ3v) is 7.67. The van der Waals surface area contributed by atoms with Crippen LogP contribution in [0.3, 0.4) is 0 Å².